The van der Waals surface area contributed by atoms with Crippen LogP contribution in [0.3, 0.4) is 0 Å². The van der Waals surface area contributed by atoms with Crippen molar-refractivity contribution in [1.82, 2.24) is 9.58 Å². The van der Waals surface area contributed by atoms with Gasteiger partial charge in [-0.25, -0.2) is 0 Å². The quantitative estimate of drug-likeness (QED) is 0.521. The summed E-state index contributed by atoms with van der Waals surface area (Å²) in [4.78, 5) is 28.9. The number of aromatic nitrogens is 1. The number of pyridine rings is 1. The summed E-state index contributed by atoms with van der Waals surface area (Å²) in [7, 11) is 0. The highest BCUT2D eigenvalue weighted by Gasteiger charge is 2.42. The minimum Gasteiger partial charge on any atom is -0.502 e. The molecular weight excluding hydrogens is 462 g/mol. The summed E-state index contributed by atoms with van der Waals surface area (Å²) >= 11 is 1.80. The number of carbonyl (C=O) groups is 1. The van der Waals surface area contributed by atoms with E-state index in [9.17, 15) is 14.7 Å². The second kappa shape index (κ2) is 7.81. The minimum absolute atomic E-state index is 0.0333. The highest BCUT2D eigenvalue weighted by atomic mass is 32.2. The van der Waals surface area contributed by atoms with E-state index in [0.29, 0.717) is 31.7 Å². The van der Waals surface area contributed by atoms with Crippen molar-refractivity contribution in [3.63, 3.8) is 0 Å². The van der Waals surface area contributed by atoms with Crippen LogP contribution in [0.5, 0.6) is 11.5 Å². The van der Waals surface area contributed by atoms with E-state index >= 15 is 0 Å². The third kappa shape index (κ3) is 3.19. The average Bonchev–Trinajstić information content (AvgIpc) is 3.00. The number of thioether (sulfide) groups is 1. The topological polar surface area (TPSA) is 75.0 Å². The van der Waals surface area contributed by atoms with Crippen LogP contribution in [0.1, 0.15) is 46.1 Å². The first-order valence-corrected chi connectivity index (χ1v) is 13.0. The van der Waals surface area contributed by atoms with Gasteiger partial charge in [0.25, 0.3) is 5.91 Å². The maximum absolute atomic E-state index is 13.6. The number of hydrogen-bond donors (Lipinski definition) is 1. The van der Waals surface area contributed by atoms with Gasteiger partial charge in [0.2, 0.25) is 5.43 Å². The van der Waals surface area contributed by atoms with Gasteiger partial charge in [-0.05, 0) is 47.9 Å². The molecule has 0 saturated heterocycles. The van der Waals surface area contributed by atoms with Crippen LogP contribution in [0, 0.1) is 11.8 Å². The van der Waals surface area contributed by atoms with Crippen LogP contribution in [0.4, 0.5) is 0 Å². The number of rotatable bonds is 0. The first kappa shape index (κ1) is 20.9. The van der Waals surface area contributed by atoms with Crippen molar-refractivity contribution >= 4 is 17.7 Å². The summed E-state index contributed by atoms with van der Waals surface area (Å²) in [6, 6.07) is 15.7. The molecule has 0 radical (unpaired) electrons. The van der Waals surface area contributed by atoms with Crippen molar-refractivity contribution in [2.24, 2.45) is 11.8 Å². The maximum Gasteiger partial charge on any atom is 0.277 e. The van der Waals surface area contributed by atoms with Gasteiger partial charge < -0.3 is 14.7 Å². The van der Waals surface area contributed by atoms with Gasteiger partial charge in [-0.15, -0.1) is 11.8 Å². The molecule has 5 heterocycles. The number of fused-ring (bicyclic) bond motifs is 3. The lowest BCUT2D eigenvalue weighted by molar-refractivity contribution is 0.0486. The number of aromatic hydroxyl groups is 1. The van der Waals surface area contributed by atoms with Gasteiger partial charge >= 0.3 is 0 Å². The van der Waals surface area contributed by atoms with Crippen molar-refractivity contribution in [2.45, 2.75) is 29.5 Å². The van der Waals surface area contributed by atoms with Gasteiger partial charge in [-0.3, -0.25) is 19.3 Å². The summed E-state index contributed by atoms with van der Waals surface area (Å²) in [6.45, 7) is 1.63. The van der Waals surface area contributed by atoms with Crippen molar-refractivity contribution in [2.75, 3.05) is 24.8 Å². The smallest absolute Gasteiger partial charge is 0.277 e. The van der Waals surface area contributed by atoms with Crippen LogP contribution >= 0.6 is 11.8 Å². The van der Waals surface area contributed by atoms with E-state index in [1.807, 2.05) is 18.2 Å². The second-order valence-electron chi connectivity index (χ2n) is 9.90. The molecule has 3 aromatic rings. The molecule has 1 N–H and O–H groups in total. The van der Waals surface area contributed by atoms with E-state index < -0.39 is 11.2 Å². The summed E-state index contributed by atoms with van der Waals surface area (Å²) in [5.74, 6) is 1.75. The molecule has 7 nitrogen and oxygen atoms in total. The Balaban J connectivity index is 1.52. The molecule has 1 saturated carbocycles. The zero-order chi connectivity index (χ0) is 23.7. The zero-order valence-electron chi connectivity index (χ0n) is 19.1. The van der Waals surface area contributed by atoms with E-state index in [4.69, 9.17) is 4.74 Å². The molecule has 5 aliphatic rings. The Morgan fingerprint density at radius 2 is 1.86 bits per heavy atom. The van der Waals surface area contributed by atoms with Crippen molar-refractivity contribution in [3.05, 3.63) is 87.3 Å². The predicted molar refractivity (Wildman–Crippen MR) is 132 cm³/mol. The fourth-order valence-electron chi connectivity index (χ4n) is 6.02. The fourth-order valence-corrected chi connectivity index (χ4v) is 7.11. The van der Waals surface area contributed by atoms with E-state index in [1.54, 1.807) is 27.5 Å². The standard InChI is InChI=1S/C27H25N3O4S/c31-20-8-9-29-25(26(20)32)27(33)28-12-16-10-17(11-16)13-34-21-6-3-4-18-14-35-22-7-2-1-5-19(22)24(23(18)21)30(29)15-28/h1-9,16-17,24,32H,10-15H2/t16?,17?,24-/m0/s1. The Morgan fingerprint density at radius 3 is 2.74 bits per heavy atom. The number of amides is 1. The molecular formula is C27H25N3O4S. The molecule has 2 aromatic carbocycles. The average molecular weight is 488 g/mol. The first-order chi connectivity index (χ1) is 17.1. The monoisotopic (exact) mass is 487 g/mol. The molecule has 8 rings (SSSR count). The number of hydrogen-bond acceptors (Lipinski definition) is 6. The Morgan fingerprint density at radius 1 is 1.00 bits per heavy atom. The number of ether oxygens (including phenoxy) is 1. The lowest BCUT2D eigenvalue weighted by Gasteiger charge is -2.47. The largest absolute Gasteiger partial charge is 0.502 e. The van der Waals surface area contributed by atoms with E-state index in [2.05, 4.69) is 29.3 Å². The SMILES string of the molecule is O=C1c2c(O)c(=O)ccn2N2CN1CC1CC(COc3cccc4c3[C@@H]2c2ccccc2SC4)C1. The van der Waals surface area contributed by atoms with Crippen molar-refractivity contribution in [3.8, 4) is 11.5 Å². The molecule has 0 spiro atoms. The van der Waals surface area contributed by atoms with Crippen molar-refractivity contribution < 1.29 is 14.6 Å². The highest BCUT2D eigenvalue weighted by Crippen LogP contribution is 2.47. The minimum atomic E-state index is -0.544. The molecule has 1 aromatic heterocycles. The number of nitrogens with zero attached hydrogens (tertiary/aromatic N) is 3. The van der Waals surface area contributed by atoms with Gasteiger partial charge in [-0.2, -0.15) is 0 Å². The summed E-state index contributed by atoms with van der Waals surface area (Å²) < 4.78 is 8.18. The Labute approximate surface area is 206 Å². The third-order valence-electron chi connectivity index (χ3n) is 7.75. The molecule has 8 heteroatoms. The predicted octanol–water partition coefficient (Wildman–Crippen LogP) is 3.72. The lowest BCUT2D eigenvalue weighted by Crippen LogP contribution is -2.57. The molecule has 4 aliphatic heterocycles. The fraction of sp³-hybridized carbons (Fsp3) is 0.333. The van der Waals surface area contributed by atoms with Crippen LogP contribution in [0.15, 0.2) is 64.4 Å². The van der Waals surface area contributed by atoms with Crippen LogP contribution in [-0.2, 0) is 5.75 Å². The highest BCUT2D eigenvalue weighted by molar-refractivity contribution is 7.98. The number of benzene rings is 2. The van der Waals surface area contributed by atoms with Crippen LogP contribution in [0.2, 0.25) is 0 Å². The molecule has 1 aliphatic carbocycles. The van der Waals surface area contributed by atoms with Crippen LogP contribution in [0.25, 0.3) is 0 Å². The van der Waals surface area contributed by atoms with Gasteiger partial charge in [0.05, 0.1) is 6.61 Å². The maximum atomic E-state index is 13.6. The van der Waals surface area contributed by atoms with Crippen LogP contribution < -0.4 is 15.2 Å². The zero-order valence-corrected chi connectivity index (χ0v) is 19.9. The van der Waals surface area contributed by atoms with E-state index in [1.165, 1.54) is 16.5 Å². The Kier molecular flexibility index (Phi) is 4.67. The molecule has 178 valence electrons. The van der Waals surface area contributed by atoms with E-state index in [0.717, 1.165) is 35.5 Å². The molecule has 1 amide bonds. The second-order valence-corrected chi connectivity index (χ2v) is 10.9. The van der Waals surface area contributed by atoms with E-state index in [-0.39, 0.29) is 17.6 Å². The first-order valence-electron chi connectivity index (χ1n) is 12.1. The third-order valence-corrected chi connectivity index (χ3v) is 8.89. The van der Waals surface area contributed by atoms with Gasteiger partial charge in [0.15, 0.2) is 11.4 Å². The normalized spacial score (nSPS) is 24.5. The lowest BCUT2D eigenvalue weighted by atomic mass is 9.75. The Bertz CT molecular complexity index is 1410. The van der Waals surface area contributed by atoms with Crippen LogP contribution in [-0.4, -0.2) is 40.4 Å². The number of carbonyl (C=O) groups excluding carboxylic acids is 1. The summed E-state index contributed by atoms with van der Waals surface area (Å²) in [5.41, 5.74) is 2.88. The molecule has 0 unspecified atom stereocenters. The molecule has 35 heavy (non-hydrogen) atoms. The molecule has 1 atom stereocenters. The van der Waals surface area contributed by atoms with Crippen molar-refractivity contribution in [1.29, 1.82) is 0 Å². The molecule has 4 bridgehead atoms. The van der Waals surface area contributed by atoms with Gasteiger partial charge in [0.1, 0.15) is 18.5 Å². The van der Waals surface area contributed by atoms with Gasteiger partial charge in [0, 0.05) is 35.0 Å². The summed E-state index contributed by atoms with van der Waals surface area (Å²) in [5, 5.41) is 12.9. The summed E-state index contributed by atoms with van der Waals surface area (Å²) in [6.07, 6.45) is 3.63. The Hall–Kier alpha value is -3.39. The molecule has 1 fully saturated rings. The van der Waals surface area contributed by atoms with Gasteiger partial charge in [-0.1, -0.05) is 30.3 Å².